The van der Waals surface area contributed by atoms with Gasteiger partial charge < -0.3 is 23.7 Å². The number of fused-ring (bicyclic) bond motifs is 5. The first kappa shape index (κ1) is 92.4. The largest absolute Gasteiger partial charge is 0.472 e. The second-order valence-electron chi connectivity index (χ2n) is 27.6. The Morgan fingerprint density at radius 2 is 0.628 bits per heavy atom. The van der Waals surface area contributed by atoms with E-state index < -0.39 is 175 Å². The van der Waals surface area contributed by atoms with E-state index in [1.165, 1.54) is 60.9 Å². The van der Waals surface area contributed by atoms with Gasteiger partial charge in [0.2, 0.25) is 17.5 Å². The quantitative estimate of drug-likeness (QED) is 0.0679. The van der Waals surface area contributed by atoms with Gasteiger partial charge in [-0.3, -0.25) is 0 Å². The van der Waals surface area contributed by atoms with E-state index in [-0.39, 0.29) is 67.6 Å². The lowest BCUT2D eigenvalue weighted by Gasteiger charge is -2.34. The van der Waals surface area contributed by atoms with Crippen LogP contribution in [0.3, 0.4) is 0 Å². The van der Waals surface area contributed by atoms with Crippen molar-refractivity contribution < 1.29 is 142 Å². The molecule has 0 amide bonds. The topological polar surface area (TPSA) is 326 Å². The molecule has 129 heavy (non-hydrogen) atoms. The zero-order valence-electron chi connectivity index (χ0n) is 64.6. The molecular formula is C72H48F27N25O5. The number of aromatic nitrogens is 25. The van der Waals surface area contributed by atoms with Gasteiger partial charge in [0.05, 0.1) is 28.5 Å². The van der Waals surface area contributed by atoms with E-state index >= 15 is 0 Å². The van der Waals surface area contributed by atoms with Crippen molar-refractivity contribution in [3.05, 3.63) is 186 Å². The van der Waals surface area contributed by atoms with Crippen LogP contribution in [0.15, 0.2) is 122 Å². The summed E-state index contributed by atoms with van der Waals surface area (Å²) in [6.45, 7) is -3.14. The average molecular weight is 1860 g/mol. The molecule has 0 aromatic carbocycles. The van der Waals surface area contributed by atoms with Crippen molar-refractivity contribution in [3.63, 3.8) is 0 Å². The first-order chi connectivity index (χ1) is 60.2. The molecule has 0 unspecified atom stereocenters. The smallest absolute Gasteiger partial charge is 0.436 e. The normalized spacial score (nSPS) is 14.0. The number of alkyl halides is 22. The lowest BCUT2D eigenvalue weighted by Crippen LogP contribution is -2.43. The number of methoxy groups -OCH3 is 1. The molecule has 0 saturated heterocycles. The van der Waals surface area contributed by atoms with Crippen LogP contribution in [0.2, 0.25) is 0 Å². The molecule has 2 fully saturated rings. The molecule has 15 aromatic rings. The fourth-order valence-corrected chi connectivity index (χ4v) is 11.2. The molecule has 2 saturated carbocycles. The third kappa shape index (κ3) is 22.2. The van der Waals surface area contributed by atoms with Crippen LogP contribution in [0, 0.1) is 29.1 Å². The molecule has 15 heterocycles. The maximum absolute atomic E-state index is 14.2. The van der Waals surface area contributed by atoms with Crippen LogP contribution in [0.25, 0.3) is 84.5 Å². The molecule has 0 atom stereocenters. The summed E-state index contributed by atoms with van der Waals surface area (Å²) in [4.78, 5) is 17.4. The van der Waals surface area contributed by atoms with Gasteiger partial charge in [0.15, 0.2) is 88.7 Å². The highest BCUT2D eigenvalue weighted by Gasteiger charge is 2.48. The van der Waals surface area contributed by atoms with E-state index in [1.54, 1.807) is 16.6 Å². The molecule has 0 aliphatic heterocycles. The highest BCUT2D eigenvalue weighted by molar-refractivity contribution is 5.64. The van der Waals surface area contributed by atoms with E-state index in [0.29, 0.717) is 54.2 Å². The van der Waals surface area contributed by atoms with E-state index in [1.807, 2.05) is 0 Å². The summed E-state index contributed by atoms with van der Waals surface area (Å²) in [7, 11) is 0.768. The summed E-state index contributed by atoms with van der Waals surface area (Å²) in [5, 5.41) is 55.8. The van der Waals surface area contributed by atoms with Crippen LogP contribution in [0.5, 0.6) is 23.5 Å². The Bertz CT molecular complexity index is 6590. The van der Waals surface area contributed by atoms with Gasteiger partial charge in [-0.1, -0.05) is 0 Å². The van der Waals surface area contributed by atoms with Gasteiger partial charge in [0.25, 0.3) is 35.3 Å². The first-order valence-electron chi connectivity index (χ1n) is 36.0. The number of hydrogen-bond acceptors (Lipinski definition) is 25. The predicted molar refractivity (Wildman–Crippen MR) is 380 cm³/mol. The zero-order valence-corrected chi connectivity index (χ0v) is 64.6. The fraction of sp³-hybridized carbons (Fsp3) is 0.306. The number of ether oxygens (including phenoxy) is 5. The van der Waals surface area contributed by atoms with E-state index in [4.69, 9.17) is 4.74 Å². The molecule has 2 aliphatic rings. The minimum Gasteiger partial charge on any atom is -0.472 e. The Labute approximate surface area is 698 Å². The maximum Gasteiger partial charge on any atom is 0.436 e. The second-order valence-corrected chi connectivity index (χ2v) is 27.6. The van der Waals surface area contributed by atoms with Gasteiger partial charge >= 0.3 is 48.6 Å². The summed E-state index contributed by atoms with van der Waals surface area (Å²) in [5.74, 6) is -23.2. The third-order valence-corrected chi connectivity index (χ3v) is 17.2. The summed E-state index contributed by atoms with van der Waals surface area (Å²) in [6.07, 6.45) is -17.1. The van der Waals surface area contributed by atoms with Crippen LogP contribution in [0.4, 0.5) is 119 Å². The van der Waals surface area contributed by atoms with Crippen LogP contribution in [-0.4, -0.2) is 181 Å². The van der Waals surface area contributed by atoms with Gasteiger partial charge in [-0.05, 0) is 104 Å². The van der Waals surface area contributed by atoms with Crippen molar-refractivity contribution in [3.8, 4) is 79.8 Å². The molecule has 30 nitrogen and oxygen atoms in total. The summed E-state index contributed by atoms with van der Waals surface area (Å²) in [6, 6.07) is 18.3. The monoisotopic (exact) mass is 1860 g/mol. The highest BCUT2D eigenvalue weighted by Crippen LogP contribution is 2.42. The number of nitrogens with zero attached hydrogens (tertiary/aromatic N) is 25. The summed E-state index contributed by atoms with van der Waals surface area (Å²) in [5.41, 5.74) is 0.0182. The standard InChI is InChI=1S/C16H12F5N5O.C15H11F4N5O.C14H9F6N5O2.C14H9F6N5O.C13H7F6N5/c1-15(18,19)14-24-23-12-3-2-11(25-26(12)14)8-4-10(17)13(22-7-8)27-9-5-16(20,21)6-9;16-10-5-9(6-20-14(10)25-7-15(17,18)19)11-3-4-12-21-22-13(8-1-2-8)24(12)23-11;1-26-14(19,20)12-23-22-10-3-2-9(24-25(10)12)7-4-8(15)11(21-5-7)27-6-13(16,17)18;1-13(16,17)12-23-22-10-3-2-9(24-25(10)12)7-4-8(15)11(21-5-7)26-6-14(18,19)20;1-12(15,16)11-22-21-9-3-2-8(23-24(9)11)6-4-7(14)10(20-5-6)13(17,18)19/h2-4,7,9H,5-6H2,1H3;3-6,8H,1-2,7H2;2-5H,6H2,1H3;2-5H,6H2,1H3;2-5H,1H3. The molecule has 17 rings (SSSR count). The zero-order chi connectivity index (χ0) is 93.6. The number of rotatable bonds is 19. The second kappa shape index (κ2) is 35.2. The molecular weight excluding hydrogens is 1810 g/mol. The lowest BCUT2D eigenvalue weighted by molar-refractivity contribution is -0.238. The van der Waals surface area contributed by atoms with Crippen molar-refractivity contribution in [1.82, 2.24) is 124 Å². The molecule has 57 heteroatoms. The molecule has 0 radical (unpaired) electrons. The Hall–Kier alpha value is -14.2. The Morgan fingerprint density at radius 1 is 0.349 bits per heavy atom. The number of hydrogen-bond donors (Lipinski definition) is 0. The molecule has 2 aliphatic carbocycles. The first-order valence-corrected chi connectivity index (χ1v) is 36.0. The van der Waals surface area contributed by atoms with Crippen molar-refractivity contribution in [2.24, 2.45) is 0 Å². The Kier molecular flexibility index (Phi) is 25.2. The van der Waals surface area contributed by atoms with E-state index in [9.17, 15) is 119 Å². The van der Waals surface area contributed by atoms with Crippen LogP contribution < -0.4 is 18.9 Å². The minimum atomic E-state index is -4.94. The highest BCUT2D eigenvalue weighted by atomic mass is 19.4. The fourth-order valence-electron chi connectivity index (χ4n) is 11.2. The van der Waals surface area contributed by atoms with Crippen LogP contribution in [0.1, 0.15) is 87.2 Å². The van der Waals surface area contributed by atoms with Crippen molar-refractivity contribution in [1.29, 1.82) is 0 Å². The maximum atomic E-state index is 14.2. The summed E-state index contributed by atoms with van der Waals surface area (Å²) >= 11 is 0. The Morgan fingerprint density at radius 3 is 0.907 bits per heavy atom. The average Bonchev–Trinajstić information content (AvgIpc) is 1.67. The van der Waals surface area contributed by atoms with Crippen molar-refractivity contribution in [2.75, 3.05) is 26.9 Å². The van der Waals surface area contributed by atoms with E-state index in [0.717, 1.165) is 82.2 Å². The molecule has 0 N–H and O–H groups in total. The van der Waals surface area contributed by atoms with E-state index in [2.05, 4.69) is 120 Å². The van der Waals surface area contributed by atoms with Crippen LogP contribution >= 0.6 is 0 Å². The molecule has 0 bridgehead atoms. The van der Waals surface area contributed by atoms with Gasteiger partial charge in [-0.25, -0.2) is 55.7 Å². The minimum absolute atomic E-state index is 0.00846. The SMILES string of the molecule is CC(F)(F)c1nnc2ccc(-c3cnc(C(F)(F)F)c(F)c3)nn12.CC(F)(F)c1nnc2ccc(-c3cnc(OC4CC(F)(F)C4)c(F)c3)nn12.CC(F)(F)c1nnc2ccc(-c3cnc(OCC(F)(F)F)c(F)c3)nn12.COC(F)(F)c1nnc2ccc(-c3cnc(OCC(F)(F)F)c(F)c3)nn12.Fc1cc(-c2ccc3nnc(C4CC4)n3n2)cnc1OCC(F)(F)F. The summed E-state index contributed by atoms with van der Waals surface area (Å²) < 4.78 is 377. The Balaban J connectivity index is 0.000000138. The van der Waals surface area contributed by atoms with Crippen molar-refractivity contribution >= 4 is 28.2 Å². The molecule has 680 valence electrons. The van der Waals surface area contributed by atoms with Crippen LogP contribution in [-0.2, 0) is 34.8 Å². The molecule has 15 aromatic heterocycles. The molecule has 0 spiro atoms. The van der Waals surface area contributed by atoms with Gasteiger partial charge in [-0.15, -0.1) is 51.0 Å². The van der Waals surface area contributed by atoms with Gasteiger partial charge in [0.1, 0.15) is 6.10 Å². The number of halogens is 27. The number of pyridine rings is 5. The van der Waals surface area contributed by atoms with Gasteiger partial charge in [-0.2, -0.15) is 136 Å². The van der Waals surface area contributed by atoms with Gasteiger partial charge in [0, 0.05) is 105 Å². The predicted octanol–water partition coefficient (Wildman–Crippen LogP) is 16.6. The third-order valence-electron chi connectivity index (χ3n) is 17.2. The van der Waals surface area contributed by atoms with Crippen molar-refractivity contribution in [2.45, 2.75) is 113 Å². The lowest BCUT2D eigenvalue weighted by atomic mass is 9.91.